The Balaban J connectivity index is -0.000000122. The zero-order valence-corrected chi connectivity index (χ0v) is 16.6. The van der Waals surface area contributed by atoms with Crippen molar-refractivity contribution in [1.82, 2.24) is 0 Å². The maximum Gasteiger partial charge on any atom is -0.0248 e. The van der Waals surface area contributed by atoms with Gasteiger partial charge in [-0.05, 0) is 37.5 Å². The lowest BCUT2D eigenvalue weighted by Crippen LogP contribution is -1.73. The molecule has 1 heteroatoms. The molecule has 0 N–H and O–H groups in total. The van der Waals surface area contributed by atoms with Gasteiger partial charge in [0.2, 0.25) is 0 Å². The highest BCUT2D eigenvalue weighted by Crippen LogP contribution is 2.04. The van der Waals surface area contributed by atoms with Crippen molar-refractivity contribution in [3.05, 3.63) is 59.4 Å². The maximum absolute atomic E-state index is 3.65. The molecule has 0 aliphatic carbocycles. The van der Waals surface area contributed by atoms with Gasteiger partial charge in [0.15, 0.2) is 0 Å². The van der Waals surface area contributed by atoms with Gasteiger partial charge >= 0.3 is 0 Å². The second-order valence-corrected chi connectivity index (χ2v) is 4.64. The van der Waals surface area contributed by atoms with Gasteiger partial charge in [0.05, 0.1) is 0 Å². The lowest BCUT2D eigenvalue weighted by atomic mass is 10.2. The summed E-state index contributed by atoms with van der Waals surface area (Å²) in [6.07, 6.45) is 12.1. The third kappa shape index (κ3) is 45.4. The first-order valence-corrected chi connectivity index (χ1v) is 8.88. The van der Waals surface area contributed by atoms with Crippen LogP contribution in [0.4, 0.5) is 0 Å². The molecule has 0 aliphatic heterocycles. The van der Waals surface area contributed by atoms with E-state index >= 15 is 0 Å². The highest BCUT2D eigenvalue weighted by Gasteiger charge is 1.76. The molecule has 0 aromatic rings. The van der Waals surface area contributed by atoms with Gasteiger partial charge in [-0.25, -0.2) is 0 Å². The van der Waals surface area contributed by atoms with Crippen LogP contribution in [0.2, 0.25) is 0 Å². The van der Waals surface area contributed by atoms with Crippen molar-refractivity contribution in [2.75, 3.05) is 0 Å². The van der Waals surface area contributed by atoms with Gasteiger partial charge in [-0.1, -0.05) is 90.2 Å². The van der Waals surface area contributed by atoms with E-state index in [1.54, 1.807) is 11.8 Å². The fourth-order valence-corrected chi connectivity index (χ4v) is 1.23. The zero-order chi connectivity index (χ0) is 17.5. The van der Waals surface area contributed by atoms with Gasteiger partial charge in [0.1, 0.15) is 0 Å². The van der Waals surface area contributed by atoms with Crippen molar-refractivity contribution in [3.63, 3.8) is 0 Å². The molecule has 0 aromatic heterocycles. The Morgan fingerprint density at radius 3 is 1.76 bits per heavy atom. The summed E-state index contributed by atoms with van der Waals surface area (Å²) in [4.78, 5) is 0. The molecule has 0 spiro atoms. The number of thioether (sulfide) groups is 1. The summed E-state index contributed by atoms with van der Waals surface area (Å²) in [5, 5.41) is 4.07. The van der Waals surface area contributed by atoms with Crippen molar-refractivity contribution in [2.24, 2.45) is 5.92 Å². The molecule has 0 saturated heterocycles. The van der Waals surface area contributed by atoms with Crippen LogP contribution in [-0.2, 0) is 0 Å². The van der Waals surface area contributed by atoms with Gasteiger partial charge in [0, 0.05) is 0 Å². The minimum absolute atomic E-state index is 0.718. The molecule has 0 aromatic carbocycles. The van der Waals surface area contributed by atoms with E-state index in [1.165, 1.54) is 5.57 Å². The van der Waals surface area contributed by atoms with Crippen LogP contribution in [-0.4, -0.2) is 0 Å². The quantitative estimate of drug-likeness (QED) is 0.364. The predicted molar refractivity (Wildman–Crippen MR) is 108 cm³/mol. The summed E-state index contributed by atoms with van der Waals surface area (Å²) in [6.45, 7) is 22.1. The Hall–Kier alpha value is -0.950. The molecule has 0 amide bonds. The summed E-state index contributed by atoms with van der Waals surface area (Å²) in [6, 6.07) is 0. The smallest absolute Gasteiger partial charge is 0.0248 e. The second kappa shape index (κ2) is 31.4. The average Bonchev–Trinajstić information content (AvgIpc) is 2.51. The molecule has 0 atom stereocenters. The van der Waals surface area contributed by atoms with Gasteiger partial charge in [0.25, 0.3) is 0 Å². The van der Waals surface area contributed by atoms with Crippen molar-refractivity contribution >= 4 is 11.8 Å². The first-order valence-electron chi connectivity index (χ1n) is 7.93. The zero-order valence-electron chi connectivity index (χ0n) is 15.8. The average molecular weight is 311 g/mol. The number of rotatable bonds is 5. The SMILES string of the molecule is C/C=C\C(C)C.C=C/C(C)=C\C=C\S/C=C/C.CC.CC. The molecule has 0 saturated carbocycles. The Bertz CT molecular complexity index is 278. The van der Waals surface area contributed by atoms with E-state index in [4.69, 9.17) is 0 Å². The van der Waals surface area contributed by atoms with Crippen LogP contribution >= 0.6 is 11.8 Å². The van der Waals surface area contributed by atoms with Crippen LogP contribution in [0.3, 0.4) is 0 Å². The molecule has 0 bridgehead atoms. The summed E-state index contributed by atoms with van der Waals surface area (Å²) < 4.78 is 0. The largest absolute Gasteiger partial charge is 0.106 e. The molecule has 0 rings (SSSR count). The third-order valence-electron chi connectivity index (χ3n) is 1.63. The molecule has 0 heterocycles. The molecule has 0 aliphatic rings. The first-order chi connectivity index (χ1) is 10.1. The standard InChI is InChI=1S/C10H14S.C6H12.2C2H6/c1-4-8-11-9-6-7-10(3)5-2;1-4-5-6(2)3;2*1-2/h4-9H,2H2,1,3H3;4-6H,1-3H3;2*1-2H3/b8-4+,9-6+,10-7-;5-4-;;. The van der Waals surface area contributed by atoms with Crippen molar-refractivity contribution in [3.8, 4) is 0 Å². The van der Waals surface area contributed by atoms with Crippen LogP contribution in [0.1, 0.15) is 62.3 Å². The van der Waals surface area contributed by atoms with E-state index in [9.17, 15) is 0 Å². The third-order valence-corrected chi connectivity index (χ3v) is 2.37. The van der Waals surface area contributed by atoms with E-state index in [0.29, 0.717) is 0 Å². The Kier molecular flexibility index (Phi) is 42.3. The lowest BCUT2D eigenvalue weighted by Gasteiger charge is -1.86. The number of hydrogen-bond donors (Lipinski definition) is 0. The Morgan fingerprint density at radius 2 is 1.48 bits per heavy atom. The molecule has 0 unspecified atom stereocenters. The fraction of sp³-hybridized carbons (Fsp3) is 0.500. The summed E-state index contributed by atoms with van der Waals surface area (Å²) in [7, 11) is 0. The summed E-state index contributed by atoms with van der Waals surface area (Å²) >= 11 is 1.67. The van der Waals surface area contributed by atoms with E-state index in [-0.39, 0.29) is 0 Å². The van der Waals surface area contributed by atoms with Gasteiger partial charge in [-0.3, -0.25) is 0 Å². The van der Waals surface area contributed by atoms with Crippen LogP contribution in [0.15, 0.2) is 59.4 Å². The number of hydrogen-bond acceptors (Lipinski definition) is 1. The van der Waals surface area contributed by atoms with Gasteiger partial charge < -0.3 is 0 Å². The van der Waals surface area contributed by atoms with Crippen molar-refractivity contribution in [2.45, 2.75) is 62.3 Å². The van der Waals surface area contributed by atoms with Crippen molar-refractivity contribution in [1.29, 1.82) is 0 Å². The van der Waals surface area contributed by atoms with Crippen LogP contribution in [0.25, 0.3) is 0 Å². The minimum atomic E-state index is 0.718. The topological polar surface area (TPSA) is 0 Å². The Morgan fingerprint density at radius 1 is 0.952 bits per heavy atom. The molecular weight excluding hydrogens is 272 g/mol. The second-order valence-electron chi connectivity index (χ2n) is 3.82. The fourth-order valence-electron chi connectivity index (χ4n) is 0.813. The minimum Gasteiger partial charge on any atom is -0.106 e. The molecule has 0 radical (unpaired) electrons. The summed E-state index contributed by atoms with van der Waals surface area (Å²) in [5.41, 5.74) is 1.18. The van der Waals surface area contributed by atoms with E-state index in [1.807, 2.05) is 83.6 Å². The lowest BCUT2D eigenvalue weighted by molar-refractivity contribution is 0.830. The molecular formula is C20H38S. The molecule has 0 fully saturated rings. The molecule has 0 nitrogen and oxygen atoms in total. The van der Waals surface area contributed by atoms with Crippen LogP contribution in [0, 0.1) is 5.92 Å². The van der Waals surface area contributed by atoms with Crippen LogP contribution < -0.4 is 0 Å². The van der Waals surface area contributed by atoms with Crippen molar-refractivity contribution < 1.29 is 0 Å². The number of allylic oxidation sites excluding steroid dienone is 7. The van der Waals surface area contributed by atoms with Crippen LogP contribution in [0.5, 0.6) is 0 Å². The van der Waals surface area contributed by atoms with Gasteiger partial charge in [-0.2, -0.15) is 0 Å². The monoisotopic (exact) mass is 310 g/mol. The normalized spacial score (nSPS) is 10.7. The van der Waals surface area contributed by atoms with Gasteiger partial charge in [-0.15, -0.1) is 11.8 Å². The first kappa shape index (κ1) is 28.2. The van der Waals surface area contributed by atoms with E-state index in [2.05, 4.69) is 32.6 Å². The maximum atomic E-state index is 3.65. The highest BCUT2D eigenvalue weighted by molar-refractivity contribution is 8.04. The highest BCUT2D eigenvalue weighted by atomic mass is 32.2. The Labute approximate surface area is 139 Å². The predicted octanol–water partition coefficient (Wildman–Crippen LogP) is 8.17. The van der Waals surface area contributed by atoms with E-state index in [0.717, 1.165) is 5.92 Å². The summed E-state index contributed by atoms with van der Waals surface area (Å²) in [5.74, 6) is 0.718. The van der Waals surface area contributed by atoms with E-state index < -0.39 is 0 Å². The molecule has 124 valence electrons. The molecule has 21 heavy (non-hydrogen) atoms.